The Bertz CT molecular complexity index is 846. The Morgan fingerprint density at radius 2 is 1.54 bits per heavy atom. The first kappa shape index (κ1) is 16.6. The lowest BCUT2D eigenvalue weighted by molar-refractivity contribution is 0.246. The number of hydrogen-bond acceptors (Lipinski definition) is 5. The number of pyridine rings is 1. The molecule has 0 atom stereocenters. The van der Waals surface area contributed by atoms with Crippen LogP contribution in [0.5, 0.6) is 0 Å². The molecule has 0 bridgehead atoms. The van der Waals surface area contributed by atoms with Crippen LogP contribution in [0.2, 0.25) is 0 Å². The van der Waals surface area contributed by atoms with E-state index in [4.69, 9.17) is 0 Å². The predicted molar refractivity (Wildman–Crippen MR) is 99.2 cm³/mol. The fourth-order valence-corrected chi connectivity index (χ4v) is 3.18. The normalized spacial score (nSPS) is 15.2. The summed E-state index contributed by atoms with van der Waals surface area (Å²) >= 11 is 0. The zero-order chi connectivity index (χ0) is 17.8. The SMILES string of the molecule is Fc1ccc(-c2ccnc(CN3CCN(c4ncccn4)CC3)c2)cc1. The van der Waals surface area contributed by atoms with Gasteiger partial charge < -0.3 is 4.90 Å². The van der Waals surface area contributed by atoms with Crippen molar-refractivity contribution in [1.82, 2.24) is 19.9 Å². The Labute approximate surface area is 152 Å². The largest absolute Gasteiger partial charge is 0.338 e. The summed E-state index contributed by atoms with van der Waals surface area (Å²) in [5.41, 5.74) is 3.09. The van der Waals surface area contributed by atoms with Crippen LogP contribution in [-0.4, -0.2) is 46.0 Å². The van der Waals surface area contributed by atoms with Gasteiger partial charge in [0.25, 0.3) is 0 Å². The fourth-order valence-electron chi connectivity index (χ4n) is 3.18. The molecule has 4 rings (SSSR count). The summed E-state index contributed by atoms with van der Waals surface area (Å²) in [6.07, 6.45) is 5.38. The van der Waals surface area contributed by atoms with Crippen LogP contribution in [0.4, 0.5) is 10.3 Å². The highest BCUT2D eigenvalue weighted by atomic mass is 19.1. The molecule has 0 aliphatic carbocycles. The van der Waals surface area contributed by atoms with Crippen molar-refractivity contribution in [3.8, 4) is 11.1 Å². The first-order valence-corrected chi connectivity index (χ1v) is 8.73. The van der Waals surface area contributed by atoms with Crippen LogP contribution in [0, 0.1) is 5.82 Å². The molecular formula is C20H20FN5. The Kier molecular flexibility index (Phi) is 4.84. The Balaban J connectivity index is 1.39. The minimum atomic E-state index is -0.219. The van der Waals surface area contributed by atoms with Crippen molar-refractivity contribution in [2.24, 2.45) is 0 Å². The number of nitrogens with zero attached hydrogens (tertiary/aromatic N) is 5. The molecule has 3 heterocycles. The molecule has 0 radical (unpaired) electrons. The number of halogens is 1. The minimum Gasteiger partial charge on any atom is -0.338 e. The summed E-state index contributed by atoms with van der Waals surface area (Å²) in [5, 5.41) is 0. The van der Waals surface area contributed by atoms with E-state index in [0.29, 0.717) is 0 Å². The molecule has 6 heteroatoms. The minimum absolute atomic E-state index is 0.219. The first-order chi connectivity index (χ1) is 12.8. The highest BCUT2D eigenvalue weighted by Crippen LogP contribution is 2.21. The van der Waals surface area contributed by atoms with E-state index in [1.54, 1.807) is 24.5 Å². The maximum absolute atomic E-state index is 13.1. The number of hydrogen-bond donors (Lipinski definition) is 0. The van der Waals surface area contributed by atoms with Gasteiger partial charge in [-0.15, -0.1) is 0 Å². The smallest absolute Gasteiger partial charge is 0.225 e. The number of anilines is 1. The number of rotatable bonds is 4. The van der Waals surface area contributed by atoms with Crippen LogP contribution in [0.25, 0.3) is 11.1 Å². The first-order valence-electron chi connectivity index (χ1n) is 8.73. The van der Waals surface area contributed by atoms with Crippen LogP contribution in [-0.2, 0) is 6.54 Å². The van der Waals surface area contributed by atoms with Crippen LogP contribution >= 0.6 is 0 Å². The molecule has 132 valence electrons. The van der Waals surface area contributed by atoms with E-state index in [0.717, 1.165) is 55.5 Å². The molecule has 2 aromatic heterocycles. The maximum Gasteiger partial charge on any atom is 0.225 e. The molecule has 3 aromatic rings. The van der Waals surface area contributed by atoms with Gasteiger partial charge in [-0.05, 0) is 41.5 Å². The Hall–Kier alpha value is -2.86. The van der Waals surface area contributed by atoms with Gasteiger partial charge in [0.2, 0.25) is 5.95 Å². The molecule has 0 spiro atoms. The zero-order valence-electron chi connectivity index (χ0n) is 14.4. The van der Waals surface area contributed by atoms with Gasteiger partial charge in [0.1, 0.15) is 5.82 Å². The molecule has 0 unspecified atom stereocenters. The summed E-state index contributed by atoms with van der Waals surface area (Å²) < 4.78 is 13.1. The van der Waals surface area contributed by atoms with Crippen molar-refractivity contribution in [2.75, 3.05) is 31.1 Å². The van der Waals surface area contributed by atoms with E-state index in [1.165, 1.54) is 12.1 Å². The summed E-state index contributed by atoms with van der Waals surface area (Å²) in [6, 6.07) is 12.4. The lowest BCUT2D eigenvalue weighted by atomic mass is 10.1. The van der Waals surface area contributed by atoms with Crippen molar-refractivity contribution in [2.45, 2.75) is 6.54 Å². The van der Waals surface area contributed by atoms with Gasteiger partial charge in [-0.1, -0.05) is 12.1 Å². The van der Waals surface area contributed by atoms with Crippen LogP contribution in [0.15, 0.2) is 61.1 Å². The third-order valence-electron chi connectivity index (χ3n) is 4.59. The van der Waals surface area contributed by atoms with E-state index in [1.807, 2.05) is 18.3 Å². The molecule has 1 fully saturated rings. The molecular weight excluding hydrogens is 329 g/mol. The molecule has 1 aliphatic heterocycles. The number of benzene rings is 1. The van der Waals surface area contributed by atoms with Gasteiger partial charge >= 0.3 is 0 Å². The summed E-state index contributed by atoms with van der Waals surface area (Å²) in [7, 11) is 0. The maximum atomic E-state index is 13.1. The molecule has 26 heavy (non-hydrogen) atoms. The van der Waals surface area contributed by atoms with Crippen molar-refractivity contribution in [3.63, 3.8) is 0 Å². The highest BCUT2D eigenvalue weighted by molar-refractivity contribution is 5.63. The third-order valence-corrected chi connectivity index (χ3v) is 4.59. The van der Waals surface area contributed by atoms with Gasteiger partial charge in [0.15, 0.2) is 0 Å². The van der Waals surface area contributed by atoms with E-state index in [2.05, 4.69) is 30.8 Å². The zero-order valence-corrected chi connectivity index (χ0v) is 14.4. The molecule has 1 aliphatic rings. The Morgan fingerprint density at radius 1 is 0.808 bits per heavy atom. The summed E-state index contributed by atoms with van der Waals surface area (Å²) in [4.78, 5) is 17.7. The fraction of sp³-hybridized carbons (Fsp3) is 0.250. The van der Waals surface area contributed by atoms with E-state index < -0.39 is 0 Å². The van der Waals surface area contributed by atoms with Crippen LogP contribution in [0.1, 0.15) is 5.69 Å². The average molecular weight is 349 g/mol. The topological polar surface area (TPSA) is 45.2 Å². The van der Waals surface area contributed by atoms with Gasteiger partial charge in [0.05, 0.1) is 5.69 Å². The standard InChI is InChI=1S/C20H20FN5/c21-18-4-2-16(3-5-18)17-6-9-22-19(14-17)15-25-10-12-26(13-11-25)20-23-7-1-8-24-20/h1-9,14H,10-13,15H2. The second-order valence-electron chi connectivity index (χ2n) is 6.35. The predicted octanol–water partition coefficient (Wildman–Crippen LogP) is 3.00. The lowest BCUT2D eigenvalue weighted by Crippen LogP contribution is -2.46. The molecule has 0 saturated carbocycles. The quantitative estimate of drug-likeness (QED) is 0.725. The van der Waals surface area contributed by atoms with E-state index in [9.17, 15) is 4.39 Å². The monoisotopic (exact) mass is 349 g/mol. The Morgan fingerprint density at radius 3 is 2.27 bits per heavy atom. The van der Waals surface area contributed by atoms with Gasteiger partial charge in [-0.2, -0.15) is 0 Å². The van der Waals surface area contributed by atoms with E-state index in [-0.39, 0.29) is 5.82 Å². The number of piperazine rings is 1. The summed E-state index contributed by atoms with van der Waals surface area (Å²) in [6.45, 7) is 4.50. The average Bonchev–Trinajstić information content (AvgIpc) is 2.70. The molecule has 1 saturated heterocycles. The van der Waals surface area contributed by atoms with Crippen molar-refractivity contribution < 1.29 is 4.39 Å². The van der Waals surface area contributed by atoms with E-state index >= 15 is 0 Å². The molecule has 5 nitrogen and oxygen atoms in total. The summed E-state index contributed by atoms with van der Waals surface area (Å²) in [5.74, 6) is 0.576. The second kappa shape index (κ2) is 7.58. The lowest BCUT2D eigenvalue weighted by Gasteiger charge is -2.34. The second-order valence-corrected chi connectivity index (χ2v) is 6.35. The van der Waals surface area contributed by atoms with Crippen LogP contribution in [0.3, 0.4) is 0 Å². The van der Waals surface area contributed by atoms with Gasteiger partial charge in [-0.25, -0.2) is 14.4 Å². The molecule has 0 N–H and O–H groups in total. The molecule has 0 amide bonds. The van der Waals surface area contributed by atoms with Gasteiger partial charge in [0, 0.05) is 51.3 Å². The van der Waals surface area contributed by atoms with Crippen molar-refractivity contribution >= 4 is 5.95 Å². The van der Waals surface area contributed by atoms with Crippen molar-refractivity contribution in [3.05, 3.63) is 72.6 Å². The third kappa shape index (κ3) is 3.86. The van der Waals surface area contributed by atoms with Gasteiger partial charge in [-0.3, -0.25) is 9.88 Å². The van der Waals surface area contributed by atoms with Crippen molar-refractivity contribution in [1.29, 1.82) is 0 Å². The van der Waals surface area contributed by atoms with Crippen LogP contribution < -0.4 is 4.90 Å². The highest BCUT2D eigenvalue weighted by Gasteiger charge is 2.19. The molecule has 1 aromatic carbocycles. The number of aromatic nitrogens is 3.